The standard InChI is InChI=1S/C25H30N8O7S2/c1-5-39-30-15(18-29-23(26)42-31-18)19(34)28-16-20(35)33-17(22(36)37)14(12-41-21(16)33)11-32-8-6-13(7-9-32)10-27-24(38)40-25(2,3)4/h6-9,16,21H,5,10-12H2,1-4H3,(H4-,26,27,28,29,31,34,36,37,38)/p+1/t16?,21-/m0/s1. The normalized spacial score (nSPS) is 18.6. The average molecular weight is 620 g/mol. The molecule has 3 amide bonds. The van der Waals surface area contributed by atoms with Crippen molar-refractivity contribution < 1.29 is 38.4 Å². The number of hydrogen-bond acceptors (Lipinski definition) is 12. The molecule has 4 heterocycles. The fourth-order valence-corrected chi connectivity index (χ4v) is 5.85. The molecule has 2 aromatic rings. The summed E-state index contributed by atoms with van der Waals surface area (Å²) in [6.07, 6.45) is 2.99. The zero-order chi connectivity index (χ0) is 30.6. The van der Waals surface area contributed by atoms with E-state index in [0.29, 0.717) is 11.3 Å². The quantitative estimate of drug-likeness (QED) is 0.126. The third-order valence-electron chi connectivity index (χ3n) is 5.86. The van der Waals surface area contributed by atoms with E-state index >= 15 is 0 Å². The van der Waals surface area contributed by atoms with Crippen molar-refractivity contribution in [1.82, 2.24) is 24.9 Å². The Kier molecular flexibility index (Phi) is 9.30. The topological polar surface area (TPSA) is 202 Å². The predicted octanol–water partition coefficient (Wildman–Crippen LogP) is 0.612. The summed E-state index contributed by atoms with van der Waals surface area (Å²) in [6, 6.07) is 2.61. The van der Waals surface area contributed by atoms with Gasteiger partial charge in [0.15, 0.2) is 24.1 Å². The molecular formula is C25H31N8O7S2+. The van der Waals surface area contributed by atoms with Gasteiger partial charge in [0.2, 0.25) is 11.5 Å². The summed E-state index contributed by atoms with van der Waals surface area (Å²) in [5.41, 5.74) is 6.02. The van der Waals surface area contributed by atoms with E-state index in [1.165, 1.54) is 16.7 Å². The van der Waals surface area contributed by atoms with Crippen molar-refractivity contribution in [2.24, 2.45) is 5.16 Å². The number of fused-ring (bicyclic) bond motifs is 1. The largest absolute Gasteiger partial charge is 0.477 e. The zero-order valence-corrected chi connectivity index (χ0v) is 25.0. The predicted molar refractivity (Wildman–Crippen MR) is 152 cm³/mol. The monoisotopic (exact) mass is 619 g/mol. The third kappa shape index (κ3) is 7.14. The molecule has 0 saturated carbocycles. The molecule has 0 radical (unpaired) electrons. The summed E-state index contributed by atoms with van der Waals surface area (Å²) in [4.78, 5) is 60.4. The number of oxime groups is 1. The number of thioether (sulfide) groups is 1. The van der Waals surface area contributed by atoms with Crippen molar-refractivity contribution in [2.75, 3.05) is 18.1 Å². The molecule has 15 nitrogen and oxygen atoms in total. The van der Waals surface area contributed by atoms with E-state index in [2.05, 4.69) is 25.1 Å². The number of aromatic nitrogens is 3. The van der Waals surface area contributed by atoms with Gasteiger partial charge in [-0.2, -0.15) is 9.36 Å². The molecule has 5 N–H and O–H groups in total. The van der Waals surface area contributed by atoms with Gasteiger partial charge in [-0.3, -0.25) is 14.5 Å². The number of carbonyl (C=O) groups is 4. The van der Waals surface area contributed by atoms with Gasteiger partial charge in [0.1, 0.15) is 29.3 Å². The van der Waals surface area contributed by atoms with Crippen LogP contribution in [0.3, 0.4) is 0 Å². The van der Waals surface area contributed by atoms with Crippen molar-refractivity contribution >= 4 is 58.0 Å². The number of aliphatic carboxylic acids is 1. The molecule has 0 aromatic carbocycles. The Morgan fingerprint density at radius 2 is 2.00 bits per heavy atom. The van der Waals surface area contributed by atoms with E-state index in [4.69, 9.17) is 15.3 Å². The number of pyridine rings is 1. The molecule has 224 valence electrons. The number of carboxylic acids is 1. The van der Waals surface area contributed by atoms with Crippen LogP contribution in [0, 0.1) is 0 Å². The van der Waals surface area contributed by atoms with E-state index in [1.54, 1.807) is 56.8 Å². The van der Waals surface area contributed by atoms with Gasteiger partial charge in [-0.25, -0.2) is 14.2 Å². The fourth-order valence-electron chi connectivity index (χ4n) is 4.08. The van der Waals surface area contributed by atoms with Crippen LogP contribution in [0.2, 0.25) is 0 Å². The first-order chi connectivity index (χ1) is 19.9. The van der Waals surface area contributed by atoms with Crippen molar-refractivity contribution in [3.8, 4) is 0 Å². The molecule has 1 fully saturated rings. The van der Waals surface area contributed by atoms with Crippen LogP contribution in [-0.2, 0) is 37.0 Å². The van der Waals surface area contributed by atoms with Crippen LogP contribution < -0.4 is 20.9 Å². The molecular weight excluding hydrogens is 588 g/mol. The van der Waals surface area contributed by atoms with Crippen molar-refractivity contribution in [3.63, 3.8) is 0 Å². The van der Waals surface area contributed by atoms with Gasteiger partial charge < -0.3 is 31.0 Å². The second kappa shape index (κ2) is 12.7. The van der Waals surface area contributed by atoms with Gasteiger partial charge in [-0.05, 0) is 33.3 Å². The lowest BCUT2D eigenvalue weighted by Crippen LogP contribution is -2.71. The number of nitrogens with two attached hydrogens (primary N) is 1. The Hall–Kier alpha value is -4.25. The highest BCUT2D eigenvalue weighted by molar-refractivity contribution is 8.00. The van der Waals surface area contributed by atoms with Crippen LogP contribution in [0.15, 0.2) is 41.0 Å². The number of anilines is 1. The Labute approximate surface area is 249 Å². The Morgan fingerprint density at radius 1 is 1.29 bits per heavy atom. The van der Waals surface area contributed by atoms with Crippen LogP contribution >= 0.6 is 23.3 Å². The Morgan fingerprint density at radius 3 is 2.60 bits per heavy atom. The summed E-state index contributed by atoms with van der Waals surface area (Å²) in [6.45, 7) is 7.69. The minimum atomic E-state index is -1.24. The Balaban J connectivity index is 1.42. The summed E-state index contributed by atoms with van der Waals surface area (Å²) < 4.78 is 11.0. The number of amides is 3. The van der Waals surface area contributed by atoms with Gasteiger partial charge in [0, 0.05) is 41.5 Å². The number of rotatable bonds is 10. The van der Waals surface area contributed by atoms with Gasteiger partial charge in [-0.1, -0.05) is 5.16 Å². The maximum absolute atomic E-state index is 13.1. The molecule has 42 heavy (non-hydrogen) atoms. The molecule has 2 aromatic heterocycles. The number of alkyl carbamates (subject to hydrolysis) is 1. The highest BCUT2D eigenvalue weighted by Gasteiger charge is 2.55. The average Bonchev–Trinajstić information content (AvgIpc) is 3.35. The molecule has 0 bridgehead atoms. The second-order valence-corrected chi connectivity index (χ2v) is 12.1. The first-order valence-corrected chi connectivity index (χ1v) is 14.6. The van der Waals surface area contributed by atoms with Crippen LogP contribution in [0.5, 0.6) is 0 Å². The van der Waals surface area contributed by atoms with Crippen LogP contribution in [-0.4, -0.2) is 78.3 Å². The van der Waals surface area contributed by atoms with Gasteiger partial charge in [-0.15, -0.1) is 11.8 Å². The number of nitrogen functional groups attached to an aromatic ring is 1. The van der Waals surface area contributed by atoms with Crippen LogP contribution in [0.1, 0.15) is 39.1 Å². The number of nitrogens with one attached hydrogen (secondary N) is 2. The summed E-state index contributed by atoms with van der Waals surface area (Å²) >= 11 is 2.21. The van der Waals surface area contributed by atoms with E-state index in [0.717, 1.165) is 17.1 Å². The number of carbonyl (C=O) groups excluding carboxylic acids is 3. The number of nitrogens with zero attached hydrogens (tertiary/aromatic N) is 5. The second-order valence-electron chi connectivity index (χ2n) is 10.2. The van der Waals surface area contributed by atoms with Crippen molar-refractivity contribution in [2.45, 2.75) is 57.8 Å². The molecule has 2 aliphatic heterocycles. The lowest BCUT2D eigenvalue weighted by Gasteiger charge is -2.49. The Bertz CT molecular complexity index is 1430. The van der Waals surface area contributed by atoms with Crippen molar-refractivity contribution in [1.29, 1.82) is 0 Å². The van der Waals surface area contributed by atoms with Gasteiger partial charge >= 0.3 is 12.1 Å². The minimum Gasteiger partial charge on any atom is -0.477 e. The van der Waals surface area contributed by atoms with Crippen molar-refractivity contribution in [3.05, 3.63) is 47.2 Å². The number of ether oxygens (including phenoxy) is 1. The molecule has 2 aliphatic rings. The maximum atomic E-state index is 13.1. The van der Waals surface area contributed by atoms with E-state index < -0.39 is 40.9 Å². The number of β-lactam (4-membered cyclic amide) rings is 1. The number of hydrogen-bond donors (Lipinski definition) is 4. The fraction of sp³-hybridized carbons (Fsp3) is 0.440. The maximum Gasteiger partial charge on any atom is 0.407 e. The zero-order valence-electron chi connectivity index (χ0n) is 23.3. The van der Waals surface area contributed by atoms with Crippen LogP contribution in [0.4, 0.5) is 9.93 Å². The number of carboxylic acid groups (broad SMARTS) is 1. The first-order valence-electron chi connectivity index (χ1n) is 12.8. The summed E-state index contributed by atoms with van der Waals surface area (Å²) in [5.74, 6) is -2.27. The SMILES string of the molecule is CCON=C(C(=O)NC1C(=O)N2C(C(=O)O)=C(C[n+]3ccc(CNC(=O)OC(C)(C)C)cc3)CS[C@@H]12)c1nsc(N)n1. The lowest BCUT2D eigenvalue weighted by atomic mass is 10.0. The molecule has 1 saturated heterocycles. The highest BCUT2D eigenvalue weighted by atomic mass is 32.2. The smallest absolute Gasteiger partial charge is 0.407 e. The molecule has 0 aliphatic carbocycles. The molecule has 1 unspecified atom stereocenters. The van der Waals surface area contributed by atoms with Gasteiger partial charge in [0.25, 0.3) is 11.8 Å². The first kappa shape index (κ1) is 30.7. The van der Waals surface area contributed by atoms with E-state index in [9.17, 15) is 24.3 Å². The molecule has 2 atom stereocenters. The molecule has 4 rings (SSSR count). The molecule has 0 spiro atoms. The van der Waals surface area contributed by atoms with E-state index in [1.807, 2.05) is 0 Å². The third-order valence-corrected chi connectivity index (χ3v) is 7.74. The minimum absolute atomic E-state index is 0.0413. The summed E-state index contributed by atoms with van der Waals surface area (Å²) in [5, 5.41) is 18.6. The van der Waals surface area contributed by atoms with Gasteiger partial charge in [0.05, 0.1) is 0 Å². The lowest BCUT2D eigenvalue weighted by molar-refractivity contribution is -0.689. The van der Waals surface area contributed by atoms with E-state index in [-0.39, 0.29) is 42.1 Å². The summed E-state index contributed by atoms with van der Waals surface area (Å²) in [7, 11) is 0. The van der Waals surface area contributed by atoms with Crippen LogP contribution in [0.25, 0.3) is 0 Å². The molecule has 17 heteroatoms. The highest BCUT2D eigenvalue weighted by Crippen LogP contribution is 2.40.